The van der Waals surface area contributed by atoms with Crippen molar-refractivity contribution in [2.75, 3.05) is 7.11 Å². The summed E-state index contributed by atoms with van der Waals surface area (Å²) in [6.07, 6.45) is -4.48. The highest BCUT2D eigenvalue weighted by molar-refractivity contribution is 5.36. The molecule has 2 N–H and O–H groups in total. The maximum absolute atomic E-state index is 12.5. The number of hydroxylamine groups is 1. The quantitative estimate of drug-likeness (QED) is 0.767. The number of hydrogen-bond donors (Lipinski definition) is 2. The first-order valence-corrected chi connectivity index (χ1v) is 4.10. The number of nitrogens with one attached hydrogen (secondary N) is 1. The van der Waals surface area contributed by atoms with E-state index in [1.807, 2.05) is 0 Å². The highest BCUT2D eigenvalue weighted by Gasteiger charge is 2.33. The van der Waals surface area contributed by atoms with Crippen molar-refractivity contribution in [1.82, 2.24) is 5.48 Å². The zero-order valence-corrected chi connectivity index (χ0v) is 7.93. The smallest absolute Gasteiger partial charge is 0.416 e. The summed E-state index contributed by atoms with van der Waals surface area (Å²) in [5, 5.41) is 8.97. The highest BCUT2D eigenvalue weighted by atomic mass is 19.4. The first kappa shape index (κ1) is 11.8. The first-order chi connectivity index (χ1) is 6.95. The Morgan fingerprint density at radius 1 is 1.40 bits per heavy atom. The predicted octanol–water partition coefficient (Wildman–Crippen LogP) is 2.06. The summed E-state index contributed by atoms with van der Waals surface area (Å²) in [7, 11) is 1.31. The van der Waals surface area contributed by atoms with E-state index in [1.54, 1.807) is 0 Å². The molecule has 3 nitrogen and oxygen atoms in total. The van der Waals surface area contributed by atoms with Crippen LogP contribution in [-0.4, -0.2) is 12.2 Å². The Bertz CT molecular complexity index is 339. The SMILES string of the molecule is CONCc1ccc(O)cc1C(F)(F)F. The van der Waals surface area contributed by atoms with E-state index in [-0.39, 0.29) is 12.1 Å². The molecule has 0 aliphatic carbocycles. The molecule has 0 aromatic heterocycles. The molecule has 0 heterocycles. The standard InChI is InChI=1S/C9H10F3NO2/c1-15-13-5-6-2-3-7(14)4-8(6)9(10,11)12/h2-4,13-14H,5H2,1H3. The molecule has 1 aromatic carbocycles. The van der Waals surface area contributed by atoms with Gasteiger partial charge in [0.25, 0.3) is 0 Å². The van der Waals surface area contributed by atoms with Crippen LogP contribution < -0.4 is 5.48 Å². The molecule has 1 rings (SSSR count). The van der Waals surface area contributed by atoms with E-state index in [4.69, 9.17) is 5.11 Å². The second kappa shape index (κ2) is 4.50. The lowest BCUT2D eigenvalue weighted by atomic mass is 10.1. The number of hydrogen-bond acceptors (Lipinski definition) is 3. The van der Waals surface area contributed by atoms with Crippen LogP contribution in [0.3, 0.4) is 0 Å². The normalized spacial score (nSPS) is 11.7. The molecule has 0 amide bonds. The largest absolute Gasteiger partial charge is 0.508 e. The number of phenols is 1. The van der Waals surface area contributed by atoms with E-state index in [9.17, 15) is 13.2 Å². The fourth-order valence-corrected chi connectivity index (χ4v) is 1.13. The number of halogens is 3. The summed E-state index contributed by atoms with van der Waals surface area (Å²) in [5.74, 6) is -0.413. The number of phenolic OH excluding ortho intramolecular Hbond substituents is 1. The van der Waals surface area contributed by atoms with Crippen molar-refractivity contribution in [3.05, 3.63) is 29.3 Å². The summed E-state index contributed by atoms with van der Waals surface area (Å²) in [6, 6.07) is 3.08. The van der Waals surface area contributed by atoms with Gasteiger partial charge in [0.05, 0.1) is 12.7 Å². The molecule has 0 unspecified atom stereocenters. The van der Waals surface area contributed by atoms with E-state index in [0.29, 0.717) is 6.07 Å². The van der Waals surface area contributed by atoms with Gasteiger partial charge < -0.3 is 9.94 Å². The molecule has 0 bridgehead atoms. The van der Waals surface area contributed by atoms with Gasteiger partial charge >= 0.3 is 6.18 Å². The molecule has 84 valence electrons. The van der Waals surface area contributed by atoms with Crippen LogP contribution in [-0.2, 0) is 17.6 Å². The van der Waals surface area contributed by atoms with E-state index < -0.39 is 17.5 Å². The van der Waals surface area contributed by atoms with E-state index in [1.165, 1.54) is 19.2 Å². The van der Waals surface area contributed by atoms with E-state index in [2.05, 4.69) is 10.3 Å². The Kier molecular flexibility index (Phi) is 3.54. The Morgan fingerprint density at radius 2 is 2.07 bits per heavy atom. The monoisotopic (exact) mass is 221 g/mol. The Morgan fingerprint density at radius 3 is 2.60 bits per heavy atom. The molecule has 0 aliphatic rings. The van der Waals surface area contributed by atoms with Crippen molar-refractivity contribution in [3.63, 3.8) is 0 Å². The molecule has 15 heavy (non-hydrogen) atoms. The lowest BCUT2D eigenvalue weighted by Gasteiger charge is -2.13. The van der Waals surface area contributed by atoms with Gasteiger partial charge in [-0.2, -0.15) is 18.7 Å². The molecule has 0 saturated carbocycles. The Hall–Kier alpha value is -1.27. The van der Waals surface area contributed by atoms with Crippen molar-refractivity contribution in [3.8, 4) is 5.75 Å². The van der Waals surface area contributed by atoms with Gasteiger partial charge in [-0.15, -0.1) is 0 Å². The van der Waals surface area contributed by atoms with Crippen molar-refractivity contribution in [1.29, 1.82) is 0 Å². The van der Waals surface area contributed by atoms with Crippen LogP contribution in [0.2, 0.25) is 0 Å². The fraction of sp³-hybridized carbons (Fsp3) is 0.333. The van der Waals surface area contributed by atoms with E-state index >= 15 is 0 Å². The summed E-state index contributed by atoms with van der Waals surface area (Å²) >= 11 is 0. The molecule has 0 atom stereocenters. The predicted molar refractivity (Wildman–Crippen MR) is 47.0 cm³/mol. The minimum atomic E-state index is -4.48. The lowest BCUT2D eigenvalue weighted by molar-refractivity contribution is -0.138. The zero-order chi connectivity index (χ0) is 11.5. The Balaban J connectivity index is 3.04. The maximum atomic E-state index is 12.5. The van der Waals surface area contributed by atoms with Gasteiger partial charge in [0.1, 0.15) is 5.75 Å². The third-order valence-corrected chi connectivity index (χ3v) is 1.81. The van der Waals surface area contributed by atoms with Gasteiger partial charge in [-0.1, -0.05) is 6.07 Å². The second-order valence-corrected chi connectivity index (χ2v) is 2.86. The Labute approximate surface area is 84.4 Å². The number of alkyl halides is 3. The van der Waals surface area contributed by atoms with Crippen LogP contribution in [0, 0.1) is 0 Å². The van der Waals surface area contributed by atoms with Gasteiger partial charge in [0.15, 0.2) is 0 Å². The molecule has 6 heteroatoms. The lowest BCUT2D eigenvalue weighted by Crippen LogP contribution is -2.16. The molecule has 0 aliphatic heterocycles. The van der Waals surface area contributed by atoms with Gasteiger partial charge in [-0.3, -0.25) is 0 Å². The third kappa shape index (κ3) is 3.10. The molecule has 0 radical (unpaired) electrons. The van der Waals surface area contributed by atoms with Gasteiger partial charge in [-0.25, -0.2) is 0 Å². The third-order valence-electron chi connectivity index (χ3n) is 1.81. The number of rotatable bonds is 3. The highest BCUT2D eigenvalue weighted by Crippen LogP contribution is 2.34. The molecule has 0 fully saturated rings. The number of benzene rings is 1. The van der Waals surface area contributed by atoms with Crippen molar-refractivity contribution in [2.24, 2.45) is 0 Å². The van der Waals surface area contributed by atoms with Gasteiger partial charge in [0, 0.05) is 6.54 Å². The minimum Gasteiger partial charge on any atom is -0.508 e. The first-order valence-electron chi connectivity index (χ1n) is 4.10. The average Bonchev–Trinajstić information content (AvgIpc) is 2.14. The summed E-state index contributed by atoms with van der Waals surface area (Å²) in [4.78, 5) is 4.46. The zero-order valence-electron chi connectivity index (χ0n) is 7.93. The fourth-order valence-electron chi connectivity index (χ4n) is 1.13. The summed E-state index contributed by atoms with van der Waals surface area (Å²) in [6.45, 7) is -0.0778. The summed E-state index contributed by atoms with van der Waals surface area (Å²) < 4.78 is 37.4. The molecule has 0 spiro atoms. The molecular formula is C9H10F3NO2. The van der Waals surface area contributed by atoms with Crippen LogP contribution >= 0.6 is 0 Å². The molecule has 1 aromatic rings. The minimum absolute atomic E-state index is 0.0159. The number of aromatic hydroxyl groups is 1. The van der Waals surface area contributed by atoms with Crippen molar-refractivity contribution in [2.45, 2.75) is 12.7 Å². The summed E-state index contributed by atoms with van der Waals surface area (Å²) in [5.41, 5.74) is 1.46. The van der Waals surface area contributed by atoms with E-state index in [0.717, 1.165) is 0 Å². The van der Waals surface area contributed by atoms with Crippen molar-refractivity contribution < 1.29 is 23.1 Å². The molecular weight excluding hydrogens is 211 g/mol. The van der Waals surface area contributed by atoms with Gasteiger partial charge in [0.2, 0.25) is 0 Å². The second-order valence-electron chi connectivity index (χ2n) is 2.86. The molecule has 0 saturated heterocycles. The van der Waals surface area contributed by atoms with Crippen LogP contribution in [0.15, 0.2) is 18.2 Å². The van der Waals surface area contributed by atoms with Crippen LogP contribution in [0.1, 0.15) is 11.1 Å². The van der Waals surface area contributed by atoms with Crippen molar-refractivity contribution >= 4 is 0 Å². The van der Waals surface area contributed by atoms with Crippen LogP contribution in [0.25, 0.3) is 0 Å². The van der Waals surface area contributed by atoms with Crippen LogP contribution in [0.5, 0.6) is 5.75 Å². The maximum Gasteiger partial charge on any atom is 0.416 e. The topological polar surface area (TPSA) is 41.5 Å². The van der Waals surface area contributed by atoms with Crippen LogP contribution in [0.4, 0.5) is 13.2 Å². The average molecular weight is 221 g/mol. The van der Waals surface area contributed by atoms with Gasteiger partial charge in [-0.05, 0) is 17.7 Å².